The summed E-state index contributed by atoms with van der Waals surface area (Å²) in [6.07, 6.45) is -0.801. The Balaban J connectivity index is 1.70. The molecular formula is C20H25N3O6. The molecule has 2 heterocycles. The summed E-state index contributed by atoms with van der Waals surface area (Å²) in [6, 6.07) is 6.28. The van der Waals surface area contributed by atoms with E-state index in [2.05, 4.69) is 10.6 Å². The first kappa shape index (κ1) is 20.6. The second-order valence-corrected chi connectivity index (χ2v) is 8.19. The lowest BCUT2D eigenvalue weighted by atomic mass is 9.84. The lowest BCUT2D eigenvalue weighted by molar-refractivity contribution is -0.157. The van der Waals surface area contributed by atoms with E-state index in [4.69, 9.17) is 9.47 Å². The van der Waals surface area contributed by atoms with E-state index in [1.165, 1.54) is 6.92 Å². The first-order chi connectivity index (χ1) is 13.5. The predicted molar refractivity (Wildman–Crippen MR) is 102 cm³/mol. The SMILES string of the molecule is C[C@H](OC(=O)CN1C(=O)N[C@@]2(CCOc3ccccc32)C1=O)C(=O)NC(C)(C)C. The van der Waals surface area contributed by atoms with E-state index in [1.807, 2.05) is 0 Å². The minimum Gasteiger partial charge on any atom is -0.493 e. The molecule has 2 N–H and O–H groups in total. The van der Waals surface area contributed by atoms with Gasteiger partial charge in [0.25, 0.3) is 11.8 Å². The molecule has 9 heteroatoms. The van der Waals surface area contributed by atoms with E-state index in [0.717, 1.165) is 4.90 Å². The van der Waals surface area contributed by atoms with E-state index in [1.54, 1.807) is 45.0 Å². The molecule has 9 nitrogen and oxygen atoms in total. The van der Waals surface area contributed by atoms with E-state index in [-0.39, 0.29) is 13.0 Å². The second kappa shape index (κ2) is 7.38. The fourth-order valence-electron chi connectivity index (χ4n) is 3.40. The van der Waals surface area contributed by atoms with Crippen LogP contribution in [0.25, 0.3) is 0 Å². The van der Waals surface area contributed by atoms with Gasteiger partial charge in [0.1, 0.15) is 12.3 Å². The summed E-state index contributed by atoms with van der Waals surface area (Å²) in [5.74, 6) is -1.33. The number of fused-ring (bicyclic) bond motifs is 2. The number of hydrogen-bond acceptors (Lipinski definition) is 6. The topological polar surface area (TPSA) is 114 Å². The van der Waals surface area contributed by atoms with Crippen molar-refractivity contribution in [3.8, 4) is 5.75 Å². The molecule has 1 spiro atoms. The van der Waals surface area contributed by atoms with Crippen LogP contribution in [0.5, 0.6) is 5.75 Å². The monoisotopic (exact) mass is 403 g/mol. The van der Waals surface area contributed by atoms with E-state index in [0.29, 0.717) is 11.3 Å². The molecule has 1 saturated heterocycles. The first-order valence-corrected chi connectivity index (χ1v) is 9.41. The third-order valence-corrected chi connectivity index (χ3v) is 4.72. The van der Waals surface area contributed by atoms with Gasteiger partial charge < -0.3 is 20.1 Å². The molecule has 4 amide bonds. The molecule has 0 saturated carbocycles. The minimum absolute atomic E-state index is 0.254. The maximum Gasteiger partial charge on any atom is 0.327 e. The Morgan fingerprint density at radius 3 is 2.69 bits per heavy atom. The Morgan fingerprint density at radius 2 is 2.00 bits per heavy atom. The Morgan fingerprint density at radius 1 is 1.31 bits per heavy atom. The molecule has 1 fully saturated rings. The van der Waals surface area contributed by atoms with Crippen LogP contribution in [0, 0.1) is 0 Å². The summed E-state index contributed by atoms with van der Waals surface area (Å²) in [7, 11) is 0. The van der Waals surface area contributed by atoms with Crippen LogP contribution in [-0.2, 0) is 24.7 Å². The van der Waals surface area contributed by atoms with Crippen molar-refractivity contribution in [1.82, 2.24) is 15.5 Å². The largest absolute Gasteiger partial charge is 0.493 e. The molecule has 2 aliphatic rings. The van der Waals surface area contributed by atoms with Crippen molar-refractivity contribution >= 4 is 23.8 Å². The number of urea groups is 1. The summed E-state index contributed by atoms with van der Waals surface area (Å²) in [4.78, 5) is 50.8. The molecule has 156 valence electrons. The number of ether oxygens (including phenoxy) is 2. The highest BCUT2D eigenvalue weighted by Crippen LogP contribution is 2.40. The predicted octanol–water partition coefficient (Wildman–Crippen LogP) is 1.06. The number of hydrogen-bond donors (Lipinski definition) is 2. The number of benzene rings is 1. The van der Waals surface area contributed by atoms with E-state index in [9.17, 15) is 19.2 Å². The number of esters is 1. The third-order valence-electron chi connectivity index (χ3n) is 4.72. The van der Waals surface area contributed by atoms with E-state index >= 15 is 0 Å². The standard InChI is InChI=1S/C20H25N3O6/c1-12(16(25)21-19(2,3)4)29-15(24)11-23-17(26)20(22-18(23)27)9-10-28-14-8-6-5-7-13(14)20/h5-8,12H,9-11H2,1-4H3,(H,21,25)(H,22,27)/t12-,20+/m0/s1. The van der Waals surface area contributed by atoms with Gasteiger partial charge in [0.15, 0.2) is 11.6 Å². The number of rotatable bonds is 4. The van der Waals surface area contributed by atoms with Crippen LogP contribution in [0.15, 0.2) is 24.3 Å². The van der Waals surface area contributed by atoms with Gasteiger partial charge in [0.05, 0.1) is 6.61 Å². The van der Waals surface area contributed by atoms with Crippen molar-refractivity contribution in [2.75, 3.05) is 13.2 Å². The molecule has 3 rings (SSSR count). The molecule has 29 heavy (non-hydrogen) atoms. The van der Waals surface area contributed by atoms with Crippen molar-refractivity contribution in [2.45, 2.75) is 51.3 Å². The van der Waals surface area contributed by atoms with Crippen molar-refractivity contribution in [2.24, 2.45) is 0 Å². The lowest BCUT2D eigenvalue weighted by Crippen LogP contribution is -2.48. The minimum atomic E-state index is -1.26. The molecule has 1 aromatic rings. The summed E-state index contributed by atoms with van der Waals surface area (Å²) < 4.78 is 10.7. The summed E-state index contributed by atoms with van der Waals surface area (Å²) in [5.41, 5.74) is -1.19. The number of nitrogens with one attached hydrogen (secondary N) is 2. The molecule has 0 radical (unpaired) electrons. The van der Waals surface area contributed by atoms with Gasteiger partial charge in [0.2, 0.25) is 0 Å². The Hall–Kier alpha value is -3.10. The molecule has 0 unspecified atom stereocenters. The summed E-state index contributed by atoms with van der Waals surface area (Å²) in [5, 5.41) is 5.41. The smallest absolute Gasteiger partial charge is 0.327 e. The van der Waals surface area contributed by atoms with Crippen molar-refractivity contribution in [3.63, 3.8) is 0 Å². The zero-order valence-electron chi connectivity index (χ0n) is 16.9. The van der Waals surface area contributed by atoms with E-state index < -0.39 is 47.5 Å². The average Bonchev–Trinajstić information content (AvgIpc) is 2.85. The molecule has 2 aliphatic heterocycles. The molecule has 0 aromatic heterocycles. The van der Waals surface area contributed by atoms with Gasteiger partial charge in [-0.2, -0.15) is 0 Å². The fraction of sp³-hybridized carbons (Fsp3) is 0.500. The van der Waals surface area contributed by atoms with Gasteiger partial charge in [-0.3, -0.25) is 19.3 Å². The first-order valence-electron chi connectivity index (χ1n) is 9.41. The van der Waals surface area contributed by atoms with Crippen LogP contribution in [-0.4, -0.2) is 53.5 Å². The summed E-state index contributed by atoms with van der Waals surface area (Å²) >= 11 is 0. The normalized spacial score (nSPS) is 21.9. The van der Waals surface area contributed by atoms with Crippen molar-refractivity contribution in [3.05, 3.63) is 29.8 Å². The number of amides is 4. The molecule has 2 atom stereocenters. The molecule has 1 aromatic carbocycles. The third kappa shape index (κ3) is 4.03. The number of carbonyl (C=O) groups excluding carboxylic acids is 4. The average molecular weight is 403 g/mol. The van der Waals surface area contributed by atoms with Gasteiger partial charge in [-0.25, -0.2) is 4.79 Å². The van der Waals surface area contributed by atoms with Crippen LogP contribution >= 0.6 is 0 Å². The highest BCUT2D eigenvalue weighted by molar-refractivity contribution is 6.09. The van der Waals surface area contributed by atoms with Crippen LogP contribution < -0.4 is 15.4 Å². The number of nitrogens with zero attached hydrogens (tertiary/aromatic N) is 1. The zero-order valence-corrected chi connectivity index (χ0v) is 16.9. The Bertz CT molecular complexity index is 862. The van der Waals surface area contributed by atoms with Gasteiger partial charge in [0, 0.05) is 17.5 Å². The number of para-hydroxylation sites is 1. The fourth-order valence-corrected chi connectivity index (χ4v) is 3.40. The molecule has 0 bridgehead atoms. The number of carbonyl (C=O) groups is 4. The maximum atomic E-state index is 13.1. The number of imide groups is 1. The van der Waals surface area contributed by atoms with Gasteiger partial charge in [-0.15, -0.1) is 0 Å². The van der Waals surface area contributed by atoms with Crippen LogP contribution in [0.4, 0.5) is 4.79 Å². The Labute approximate surface area is 168 Å². The van der Waals surface area contributed by atoms with Crippen molar-refractivity contribution < 1.29 is 28.7 Å². The van der Waals surface area contributed by atoms with Crippen molar-refractivity contribution in [1.29, 1.82) is 0 Å². The van der Waals surface area contributed by atoms with Gasteiger partial charge >= 0.3 is 12.0 Å². The lowest BCUT2D eigenvalue weighted by Gasteiger charge is -2.33. The molecule has 0 aliphatic carbocycles. The highest BCUT2D eigenvalue weighted by Gasteiger charge is 2.55. The van der Waals surface area contributed by atoms with Gasteiger partial charge in [-0.05, 0) is 33.8 Å². The van der Waals surface area contributed by atoms with Gasteiger partial charge in [-0.1, -0.05) is 18.2 Å². The summed E-state index contributed by atoms with van der Waals surface area (Å²) in [6.45, 7) is 6.52. The molecular weight excluding hydrogens is 378 g/mol. The van der Waals surface area contributed by atoms with Crippen LogP contribution in [0.1, 0.15) is 39.7 Å². The van der Waals surface area contributed by atoms with Crippen LogP contribution in [0.2, 0.25) is 0 Å². The Kier molecular flexibility index (Phi) is 5.25. The zero-order chi connectivity index (χ0) is 21.4. The quantitative estimate of drug-likeness (QED) is 0.574. The maximum absolute atomic E-state index is 13.1. The van der Waals surface area contributed by atoms with Crippen LogP contribution in [0.3, 0.4) is 0 Å². The second-order valence-electron chi connectivity index (χ2n) is 8.19. The highest BCUT2D eigenvalue weighted by atomic mass is 16.5.